The number of hydrogen-bond acceptors (Lipinski definition) is 3. The second-order valence-corrected chi connectivity index (χ2v) is 2.20. The summed E-state index contributed by atoms with van der Waals surface area (Å²) in [5.41, 5.74) is 1.06. The van der Waals surface area contributed by atoms with Crippen LogP contribution in [0, 0.1) is 0 Å². The van der Waals surface area contributed by atoms with Crippen LogP contribution in [0.15, 0.2) is 42.6 Å². The molecule has 3 nitrogen and oxygen atoms in total. The molecule has 2 rings (SSSR count). The molecule has 0 unspecified atom stereocenters. The number of benzene rings is 1. The molecule has 0 aliphatic rings. The Morgan fingerprint density at radius 2 is 1.46 bits per heavy atom. The SMILES string of the molecule is [Co+2].[OH-].[OH-].c1ccc2ncccc2c1. The Labute approximate surface area is 86.6 Å². The van der Waals surface area contributed by atoms with Gasteiger partial charge in [0.15, 0.2) is 0 Å². The van der Waals surface area contributed by atoms with Crippen molar-refractivity contribution in [2.75, 3.05) is 0 Å². The zero-order valence-electron chi connectivity index (χ0n) is 6.72. The molecule has 0 aliphatic carbocycles. The zero-order chi connectivity index (χ0) is 6.81. The third-order valence-electron chi connectivity index (χ3n) is 1.51. The van der Waals surface area contributed by atoms with E-state index in [-0.39, 0.29) is 27.7 Å². The van der Waals surface area contributed by atoms with Crippen molar-refractivity contribution in [3.63, 3.8) is 0 Å². The molecule has 0 saturated carbocycles. The monoisotopic (exact) mass is 222 g/mol. The second kappa shape index (κ2) is 6.56. The molecule has 1 aromatic carbocycles. The molecule has 71 valence electrons. The van der Waals surface area contributed by atoms with Crippen LogP contribution in [0.1, 0.15) is 0 Å². The van der Waals surface area contributed by atoms with Crippen molar-refractivity contribution in [3.05, 3.63) is 42.6 Å². The fraction of sp³-hybridized carbons (Fsp3) is 0. The summed E-state index contributed by atoms with van der Waals surface area (Å²) in [5, 5.41) is 1.20. The summed E-state index contributed by atoms with van der Waals surface area (Å²) in [6, 6.07) is 12.1. The number of fused-ring (bicyclic) bond motifs is 1. The summed E-state index contributed by atoms with van der Waals surface area (Å²) >= 11 is 0. The van der Waals surface area contributed by atoms with Gasteiger partial charge in [-0.3, -0.25) is 4.98 Å². The van der Waals surface area contributed by atoms with Gasteiger partial charge in [-0.05, 0) is 12.1 Å². The van der Waals surface area contributed by atoms with Crippen LogP contribution in [0.4, 0.5) is 0 Å². The van der Waals surface area contributed by atoms with Gasteiger partial charge in [-0.1, -0.05) is 24.3 Å². The van der Waals surface area contributed by atoms with Gasteiger partial charge in [0, 0.05) is 11.6 Å². The van der Waals surface area contributed by atoms with Crippen molar-refractivity contribution in [2.24, 2.45) is 0 Å². The van der Waals surface area contributed by atoms with Crippen molar-refractivity contribution in [2.45, 2.75) is 0 Å². The van der Waals surface area contributed by atoms with Crippen LogP contribution in [0.3, 0.4) is 0 Å². The predicted molar refractivity (Wildman–Crippen MR) is 45.6 cm³/mol. The molecule has 0 spiro atoms. The fourth-order valence-corrected chi connectivity index (χ4v) is 1.02. The van der Waals surface area contributed by atoms with Gasteiger partial charge in [-0.15, -0.1) is 0 Å². The van der Waals surface area contributed by atoms with Crippen molar-refractivity contribution in [1.82, 2.24) is 4.98 Å². The van der Waals surface area contributed by atoms with Gasteiger partial charge >= 0.3 is 16.8 Å². The Hall–Kier alpha value is -0.944. The standard InChI is InChI=1S/C9H7N.Co.2H2O/c1-2-6-9-8(4-1)5-3-7-10-9;;;/h1-7H;;2*1H2/q;+2;;/p-2. The molecule has 1 aromatic heterocycles. The first kappa shape index (κ1) is 14.6. The van der Waals surface area contributed by atoms with Gasteiger partial charge in [-0.2, -0.15) is 0 Å². The summed E-state index contributed by atoms with van der Waals surface area (Å²) in [7, 11) is 0. The number of aromatic nitrogens is 1. The fourth-order valence-electron chi connectivity index (χ4n) is 1.02. The molecule has 0 aliphatic heterocycles. The van der Waals surface area contributed by atoms with Crippen LogP contribution in [0.5, 0.6) is 0 Å². The minimum absolute atomic E-state index is 0. The first-order valence-electron chi connectivity index (χ1n) is 3.26. The summed E-state index contributed by atoms with van der Waals surface area (Å²) in [6.45, 7) is 0. The number of rotatable bonds is 0. The van der Waals surface area contributed by atoms with E-state index in [1.807, 2.05) is 30.5 Å². The topological polar surface area (TPSA) is 72.9 Å². The third-order valence-corrected chi connectivity index (χ3v) is 1.51. The summed E-state index contributed by atoms with van der Waals surface area (Å²) in [4.78, 5) is 4.18. The minimum atomic E-state index is 0. The summed E-state index contributed by atoms with van der Waals surface area (Å²) < 4.78 is 0. The van der Waals surface area contributed by atoms with E-state index < -0.39 is 0 Å². The minimum Gasteiger partial charge on any atom is -0.870 e. The first-order valence-corrected chi connectivity index (χ1v) is 3.26. The predicted octanol–water partition coefficient (Wildman–Crippen LogP) is 1.88. The molecule has 2 N–H and O–H groups in total. The third kappa shape index (κ3) is 3.12. The average Bonchev–Trinajstić information content (AvgIpc) is 2.05. The van der Waals surface area contributed by atoms with E-state index in [1.54, 1.807) is 0 Å². The maximum atomic E-state index is 4.18. The Morgan fingerprint density at radius 1 is 0.846 bits per heavy atom. The Bertz CT molecular complexity index is 289. The molecule has 0 bridgehead atoms. The second-order valence-electron chi connectivity index (χ2n) is 2.20. The van der Waals surface area contributed by atoms with Crippen molar-refractivity contribution in [1.29, 1.82) is 0 Å². The molecule has 0 atom stereocenters. The molecule has 0 fully saturated rings. The largest absolute Gasteiger partial charge is 2.00 e. The van der Waals surface area contributed by atoms with Crippen molar-refractivity contribution in [3.8, 4) is 0 Å². The molecular weight excluding hydrogens is 213 g/mol. The molecular formula is C9H9CoNO2. The van der Waals surface area contributed by atoms with E-state index in [4.69, 9.17) is 0 Å². The summed E-state index contributed by atoms with van der Waals surface area (Å²) in [6.07, 6.45) is 1.81. The van der Waals surface area contributed by atoms with Gasteiger partial charge in [0.25, 0.3) is 0 Å². The number of pyridine rings is 1. The van der Waals surface area contributed by atoms with Gasteiger partial charge in [0.05, 0.1) is 5.52 Å². The first-order chi connectivity index (χ1) is 4.97. The quantitative estimate of drug-likeness (QED) is 0.682. The van der Waals surface area contributed by atoms with E-state index in [0.29, 0.717) is 0 Å². The molecule has 4 heteroatoms. The molecule has 2 aromatic rings. The van der Waals surface area contributed by atoms with Gasteiger partial charge < -0.3 is 11.0 Å². The van der Waals surface area contributed by atoms with Gasteiger partial charge in [0.2, 0.25) is 0 Å². The average molecular weight is 222 g/mol. The van der Waals surface area contributed by atoms with E-state index in [9.17, 15) is 0 Å². The van der Waals surface area contributed by atoms with E-state index >= 15 is 0 Å². The molecule has 13 heavy (non-hydrogen) atoms. The van der Waals surface area contributed by atoms with E-state index in [1.165, 1.54) is 5.39 Å². The van der Waals surface area contributed by atoms with Crippen LogP contribution in [-0.4, -0.2) is 15.9 Å². The van der Waals surface area contributed by atoms with Crippen LogP contribution in [-0.2, 0) is 16.8 Å². The molecule has 1 heterocycles. The van der Waals surface area contributed by atoms with Crippen LogP contribution < -0.4 is 0 Å². The normalized spacial score (nSPS) is 7.69. The summed E-state index contributed by atoms with van der Waals surface area (Å²) in [5.74, 6) is 0. The molecule has 0 amide bonds. The zero-order valence-corrected chi connectivity index (χ0v) is 7.76. The van der Waals surface area contributed by atoms with Crippen LogP contribution in [0.25, 0.3) is 10.9 Å². The smallest absolute Gasteiger partial charge is 0.870 e. The van der Waals surface area contributed by atoms with E-state index in [0.717, 1.165) is 5.52 Å². The van der Waals surface area contributed by atoms with Gasteiger partial charge in [0.1, 0.15) is 0 Å². The molecule has 1 radical (unpaired) electrons. The maximum absolute atomic E-state index is 4.18. The number of hydrogen-bond donors (Lipinski definition) is 0. The Kier molecular flexibility index (Phi) is 7.35. The molecule has 0 saturated heterocycles. The van der Waals surface area contributed by atoms with E-state index in [2.05, 4.69) is 17.1 Å². The number of para-hydroxylation sites is 1. The van der Waals surface area contributed by atoms with Crippen molar-refractivity contribution < 1.29 is 27.7 Å². The van der Waals surface area contributed by atoms with Gasteiger partial charge in [-0.25, -0.2) is 0 Å². The Balaban J connectivity index is 0. The maximum Gasteiger partial charge on any atom is 2.00 e. The number of nitrogens with zero attached hydrogens (tertiary/aromatic N) is 1. The Morgan fingerprint density at radius 3 is 2.15 bits per heavy atom. The van der Waals surface area contributed by atoms with Crippen molar-refractivity contribution >= 4 is 10.9 Å². The van der Waals surface area contributed by atoms with Crippen LogP contribution in [0.2, 0.25) is 0 Å². The van der Waals surface area contributed by atoms with Crippen LogP contribution >= 0.6 is 0 Å².